The first-order valence-corrected chi connectivity index (χ1v) is 10.2. The number of carbonyl (C=O) groups is 2. The lowest BCUT2D eigenvalue weighted by atomic mass is 9.76. The lowest BCUT2D eigenvalue weighted by Gasteiger charge is -2.32. The monoisotopic (exact) mass is 505 g/mol. The zero-order valence-corrected chi connectivity index (χ0v) is 18.6. The minimum Gasteiger partial charge on any atom is -0.493 e. The van der Waals surface area contributed by atoms with Crippen LogP contribution in [0.4, 0.5) is 32.0 Å². The first kappa shape index (κ1) is 26.3. The van der Waals surface area contributed by atoms with Crippen molar-refractivity contribution in [2.45, 2.75) is 44.1 Å². The fraction of sp³-hybridized carbons (Fsp3) is 0.409. The van der Waals surface area contributed by atoms with Crippen molar-refractivity contribution in [2.75, 3.05) is 12.4 Å². The Morgan fingerprint density at radius 3 is 2.46 bits per heavy atom. The molecule has 0 radical (unpaired) electrons. The van der Waals surface area contributed by atoms with Gasteiger partial charge in [0.25, 0.3) is 18.2 Å². The number of hydrogen-bond acceptors (Lipinski definition) is 5. The average Bonchev–Trinajstić information content (AvgIpc) is 3.05. The molecular formula is C22H21F6N3O4. The van der Waals surface area contributed by atoms with Crippen molar-refractivity contribution in [3.8, 4) is 5.75 Å². The van der Waals surface area contributed by atoms with Gasteiger partial charge < -0.3 is 20.5 Å². The second kappa shape index (κ2) is 9.36. The van der Waals surface area contributed by atoms with Gasteiger partial charge in [0.1, 0.15) is 11.8 Å². The number of pyridine rings is 1. The number of nitrogens with zero attached hydrogens (tertiary/aromatic N) is 1. The zero-order chi connectivity index (χ0) is 26.3. The summed E-state index contributed by atoms with van der Waals surface area (Å²) in [6.07, 6.45) is -8.84. The van der Waals surface area contributed by atoms with E-state index < -0.39 is 65.1 Å². The Hall–Kier alpha value is -3.35. The molecule has 0 unspecified atom stereocenters. The predicted octanol–water partition coefficient (Wildman–Crippen LogP) is 4.34. The highest BCUT2D eigenvalue weighted by atomic mass is 19.4. The van der Waals surface area contributed by atoms with Crippen molar-refractivity contribution in [1.82, 2.24) is 4.98 Å². The van der Waals surface area contributed by atoms with Gasteiger partial charge in [-0.25, -0.2) is 13.2 Å². The Labute approximate surface area is 195 Å². The fourth-order valence-corrected chi connectivity index (χ4v) is 4.10. The van der Waals surface area contributed by atoms with Gasteiger partial charge in [0.15, 0.2) is 17.2 Å². The van der Waals surface area contributed by atoms with Gasteiger partial charge in [0.2, 0.25) is 0 Å². The molecule has 2 heterocycles. The minimum atomic E-state index is -4.94. The quantitative estimate of drug-likeness (QED) is 0.569. The van der Waals surface area contributed by atoms with Crippen LogP contribution >= 0.6 is 0 Å². The number of primary amides is 1. The summed E-state index contributed by atoms with van der Waals surface area (Å²) in [6, 6.07) is 4.09. The molecule has 35 heavy (non-hydrogen) atoms. The van der Waals surface area contributed by atoms with Gasteiger partial charge in [0.05, 0.1) is 12.7 Å². The maximum absolute atomic E-state index is 14.8. The van der Waals surface area contributed by atoms with Crippen LogP contribution in [0.3, 0.4) is 0 Å². The third kappa shape index (κ3) is 4.64. The number of benzene rings is 1. The summed E-state index contributed by atoms with van der Waals surface area (Å²) in [7, 11) is 0.970. The molecule has 4 atom stereocenters. The summed E-state index contributed by atoms with van der Waals surface area (Å²) in [4.78, 5) is 28.2. The lowest BCUT2D eigenvalue weighted by molar-refractivity contribution is -0.272. The summed E-state index contributed by atoms with van der Waals surface area (Å²) < 4.78 is 93.3. The highest BCUT2D eigenvalue weighted by Gasteiger charge is 2.65. The van der Waals surface area contributed by atoms with Gasteiger partial charge in [0, 0.05) is 29.3 Å². The van der Waals surface area contributed by atoms with Crippen molar-refractivity contribution in [1.29, 1.82) is 0 Å². The largest absolute Gasteiger partial charge is 0.493 e. The van der Waals surface area contributed by atoms with Crippen LogP contribution in [0, 0.1) is 11.7 Å². The number of aromatic nitrogens is 1. The Morgan fingerprint density at radius 2 is 1.91 bits per heavy atom. The fourth-order valence-electron chi connectivity index (χ4n) is 4.10. The molecule has 2 amide bonds. The van der Waals surface area contributed by atoms with Crippen molar-refractivity contribution < 1.29 is 45.4 Å². The lowest BCUT2D eigenvalue weighted by Crippen LogP contribution is -2.47. The molecule has 0 aliphatic carbocycles. The van der Waals surface area contributed by atoms with Gasteiger partial charge in [-0.05, 0) is 25.1 Å². The van der Waals surface area contributed by atoms with E-state index in [0.717, 1.165) is 45.4 Å². The number of nitrogens with two attached hydrogens (primary N) is 1. The van der Waals surface area contributed by atoms with E-state index in [-0.39, 0.29) is 16.9 Å². The molecule has 3 rings (SSSR count). The Balaban J connectivity index is 2.10. The van der Waals surface area contributed by atoms with Crippen molar-refractivity contribution in [3.63, 3.8) is 0 Å². The molecule has 1 aliphatic rings. The molecule has 190 valence electrons. The van der Waals surface area contributed by atoms with Crippen LogP contribution in [-0.4, -0.2) is 41.8 Å². The zero-order valence-electron chi connectivity index (χ0n) is 18.6. The molecule has 0 bridgehead atoms. The predicted molar refractivity (Wildman–Crippen MR) is 111 cm³/mol. The number of nitrogens with one attached hydrogen (secondary N) is 1. The van der Waals surface area contributed by atoms with Crippen LogP contribution in [0.2, 0.25) is 0 Å². The van der Waals surface area contributed by atoms with Crippen LogP contribution in [0.15, 0.2) is 30.5 Å². The van der Waals surface area contributed by atoms with Crippen LogP contribution in [0.25, 0.3) is 0 Å². The summed E-state index contributed by atoms with van der Waals surface area (Å²) >= 11 is 0. The summed E-state index contributed by atoms with van der Waals surface area (Å²) in [6.45, 7) is 1.90. The van der Waals surface area contributed by atoms with Crippen molar-refractivity contribution in [2.24, 2.45) is 11.7 Å². The Bertz CT molecular complexity index is 1140. The Morgan fingerprint density at radius 1 is 1.26 bits per heavy atom. The molecule has 1 saturated heterocycles. The van der Waals surface area contributed by atoms with Crippen LogP contribution in [0.5, 0.6) is 5.75 Å². The topological polar surface area (TPSA) is 104 Å². The van der Waals surface area contributed by atoms with Gasteiger partial charge in [-0.1, -0.05) is 13.0 Å². The number of ether oxygens (including phenoxy) is 2. The van der Waals surface area contributed by atoms with E-state index >= 15 is 0 Å². The average molecular weight is 505 g/mol. The van der Waals surface area contributed by atoms with E-state index in [0.29, 0.717) is 0 Å². The normalized spacial score (nSPS) is 24.5. The molecule has 7 nitrogen and oxygen atoms in total. The number of rotatable bonds is 6. The maximum Gasteiger partial charge on any atom is 0.417 e. The van der Waals surface area contributed by atoms with Crippen LogP contribution < -0.4 is 15.8 Å². The number of anilines is 1. The van der Waals surface area contributed by atoms with Gasteiger partial charge in [-0.15, -0.1) is 0 Å². The van der Waals surface area contributed by atoms with Crippen LogP contribution in [0.1, 0.15) is 47.8 Å². The molecule has 0 saturated carbocycles. The van der Waals surface area contributed by atoms with E-state index in [1.54, 1.807) is 0 Å². The number of amides is 2. The van der Waals surface area contributed by atoms with Crippen molar-refractivity contribution >= 4 is 17.5 Å². The molecule has 2 aromatic rings. The van der Waals surface area contributed by atoms with E-state index in [2.05, 4.69) is 10.3 Å². The van der Waals surface area contributed by atoms with Gasteiger partial charge in [-0.2, -0.15) is 13.2 Å². The second-order valence-electron chi connectivity index (χ2n) is 8.13. The van der Waals surface area contributed by atoms with Crippen LogP contribution in [-0.2, 0) is 9.53 Å². The van der Waals surface area contributed by atoms with Crippen molar-refractivity contribution in [3.05, 3.63) is 53.1 Å². The molecular weight excluding hydrogens is 484 g/mol. The first-order chi connectivity index (χ1) is 16.2. The van der Waals surface area contributed by atoms with E-state index in [9.17, 15) is 35.9 Å². The van der Waals surface area contributed by atoms with Gasteiger partial charge >= 0.3 is 6.18 Å². The molecule has 1 aromatic heterocycles. The van der Waals surface area contributed by atoms with E-state index in [1.807, 2.05) is 0 Å². The molecule has 3 N–H and O–H groups in total. The van der Waals surface area contributed by atoms with Gasteiger partial charge in [-0.3, -0.25) is 14.6 Å². The minimum absolute atomic E-state index is 0.0133. The number of hydrogen-bond donors (Lipinski definition) is 2. The number of halogens is 6. The molecule has 0 spiro atoms. The first-order valence-electron chi connectivity index (χ1n) is 10.2. The molecule has 1 aromatic carbocycles. The second-order valence-corrected chi connectivity index (χ2v) is 8.13. The third-order valence-electron chi connectivity index (χ3n) is 6.16. The summed E-state index contributed by atoms with van der Waals surface area (Å²) in [5.74, 6) is -7.05. The number of carbonyl (C=O) groups excluding carboxylic acids is 2. The van der Waals surface area contributed by atoms with E-state index in [1.165, 1.54) is 6.07 Å². The number of alkyl halides is 5. The molecule has 13 heteroatoms. The third-order valence-corrected chi connectivity index (χ3v) is 6.16. The maximum atomic E-state index is 14.8. The smallest absolute Gasteiger partial charge is 0.417 e. The molecule has 1 fully saturated rings. The standard InChI is InChI=1S/C22H21F6N3O4/c1-9-14(11-4-5-12(18(24)25)15(23)16(11)34-3)17(35-21(9,2)22(26,27)28)20(33)31-10-6-7-30-13(8-10)19(29)32/h4-9,14,17-18H,1-3H3,(H2,29,32)(H,30,31,33)/t9-,14+,17+,21+/m0/s1. The summed E-state index contributed by atoms with van der Waals surface area (Å²) in [5, 5.41) is 2.34. The highest BCUT2D eigenvalue weighted by molar-refractivity contribution is 5.97. The highest BCUT2D eigenvalue weighted by Crippen LogP contribution is 2.55. The summed E-state index contributed by atoms with van der Waals surface area (Å²) in [5.41, 5.74) is 0.816. The van der Waals surface area contributed by atoms with E-state index in [4.69, 9.17) is 15.2 Å². The Kier molecular flexibility index (Phi) is 7.02. The SMILES string of the molecule is COc1c([C@@H]2[C@H](C(=O)Nc3ccnc(C(N)=O)c3)O[C@@](C)(C(F)(F)F)[C@H]2C)ccc(C(F)F)c1F. The number of methoxy groups -OCH3 is 1. The molecule has 1 aliphatic heterocycles.